The number of rotatable bonds is 2. The third-order valence-corrected chi connectivity index (χ3v) is 3.79. The molecule has 0 aromatic heterocycles. The third kappa shape index (κ3) is 3.05. The summed E-state index contributed by atoms with van der Waals surface area (Å²) in [7, 11) is 0. The van der Waals surface area contributed by atoms with Crippen LogP contribution in [0.2, 0.25) is 0 Å². The number of amides is 2. The van der Waals surface area contributed by atoms with Gasteiger partial charge in [0.25, 0.3) is 0 Å². The highest BCUT2D eigenvalue weighted by Crippen LogP contribution is 2.32. The van der Waals surface area contributed by atoms with Gasteiger partial charge in [0.05, 0.1) is 6.04 Å². The molecule has 1 fully saturated rings. The van der Waals surface area contributed by atoms with Crippen LogP contribution in [-0.2, 0) is 0 Å². The molecule has 1 unspecified atom stereocenters. The minimum absolute atomic E-state index is 0.117. The molecule has 2 amide bonds. The molecule has 1 N–H and O–H groups in total. The van der Waals surface area contributed by atoms with Crippen molar-refractivity contribution < 1.29 is 9.18 Å². The van der Waals surface area contributed by atoms with Gasteiger partial charge in [0.15, 0.2) is 0 Å². The summed E-state index contributed by atoms with van der Waals surface area (Å²) in [6.45, 7) is 0.743. The molecule has 0 saturated carbocycles. The minimum Gasteiger partial charge on any atom is -0.317 e. The van der Waals surface area contributed by atoms with Gasteiger partial charge in [-0.1, -0.05) is 30.3 Å². The summed E-state index contributed by atoms with van der Waals surface area (Å²) in [5.74, 6) is -0.309. The maximum Gasteiger partial charge on any atom is 0.322 e. The summed E-state index contributed by atoms with van der Waals surface area (Å²) in [4.78, 5) is 14.3. The molecule has 0 bridgehead atoms. The second-order valence-electron chi connectivity index (χ2n) is 5.20. The van der Waals surface area contributed by atoms with Crippen LogP contribution in [0.25, 0.3) is 0 Å². The van der Waals surface area contributed by atoms with Crippen LogP contribution in [0, 0.1) is 5.82 Å². The van der Waals surface area contributed by atoms with Crippen LogP contribution < -0.4 is 5.32 Å². The fraction of sp³-hybridized carbons (Fsp3) is 0.235. The summed E-state index contributed by atoms with van der Waals surface area (Å²) in [6, 6.07) is 15.9. The Labute approximate surface area is 123 Å². The van der Waals surface area contributed by atoms with E-state index in [0.717, 1.165) is 24.9 Å². The van der Waals surface area contributed by atoms with Gasteiger partial charge in [0.1, 0.15) is 5.82 Å². The predicted molar refractivity (Wildman–Crippen MR) is 80.5 cm³/mol. The summed E-state index contributed by atoms with van der Waals surface area (Å²) >= 11 is 0. The molecule has 0 radical (unpaired) electrons. The third-order valence-electron chi connectivity index (χ3n) is 3.79. The van der Waals surface area contributed by atoms with Gasteiger partial charge < -0.3 is 10.2 Å². The fourth-order valence-corrected chi connectivity index (χ4v) is 2.76. The smallest absolute Gasteiger partial charge is 0.317 e. The van der Waals surface area contributed by atoms with Crippen LogP contribution >= 0.6 is 0 Å². The molecular formula is C17H17FN2O. The van der Waals surface area contributed by atoms with E-state index in [1.54, 1.807) is 12.1 Å². The second kappa shape index (κ2) is 5.95. The second-order valence-corrected chi connectivity index (χ2v) is 5.20. The minimum atomic E-state index is -0.309. The highest BCUT2D eigenvalue weighted by Gasteiger charge is 2.29. The lowest BCUT2D eigenvalue weighted by molar-refractivity contribution is 0.207. The maximum absolute atomic E-state index is 12.9. The lowest BCUT2D eigenvalue weighted by Crippen LogP contribution is -2.34. The Morgan fingerprint density at radius 2 is 1.81 bits per heavy atom. The number of likely N-dealkylation sites (tertiary alicyclic amines) is 1. The first-order valence-corrected chi connectivity index (χ1v) is 7.12. The first-order chi connectivity index (χ1) is 10.2. The number of benzene rings is 2. The number of carbonyl (C=O) groups is 1. The monoisotopic (exact) mass is 284 g/mol. The average molecular weight is 284 g/mol. The van der Waals surface area contributed by atoms with Gasteiger partial charge in [0, 0.05) is 12.2 Å². The Balaban J connectivity index is 1.73. The summed E-state index contributed by atoms with van der Waals surface area (Å²) in [5.41, 5.74) is 1.77. The van der Waals surface area contributed by atoms with Gasteiger partial charge in [-0.05, 0) is 42.7 Å². The van der Waals surface area contributed by atoms with Crippen LogP contribution in [-0.4, -0.2) is 17.5 Å². The van der Waals surface area contributed by atoms with E-state index in [9.17, 15) is 9.18 Å². The zero-order valence-electron chi connectivity index (χ0n) is 11.6. The maximum atomic E-state index is 12.9. The molecule has 1 heterocycles. The Hall–Kier alpha value is -2.36. The summed E-state index contributed by atoms with van der Waals surface area (Å²) < 4.78 is 12.9. The molecule has 1 aliphatic heterocycles. The Morgan fingerprint density at radius 3 is 2.52 bits per heavy atom. The van der Waals surface area contributed by atoms with Crippen molar-refractivity contribution in [3.05, 3.63) is 66.0 Å². The van der Waals surface area contributed by atoms with Gasteiger partial charge in [0.2, 0.25) is 0 Å². The molecular weight excluding hydrogens is 267 g/mol. The van der Waals surface area contributed by atoms with Crippen LogP contribution in [0.3, 0.4) is 0 Å². The zero-order valence-corrected chi connectivity index (χ0v) is 11.6. The van der Waals surface area contributed by atoms with E-state index in [2.05, 4.69) is 5.32 Å². The molecule has 108 valence electrons. The number of urea groups is 1. The first-order valence-electron chi connectivity index (χ1n) is 7.12. The van der Waals surface area contributed by atoms with Gasteiger partial charge in [-0.25, -0.2) is 9.18 Å². The highest BCUT2D eigenvalue weighted by atomic mass is 19.1. The number of anilines is 1. The van der Waals surface area contributed by atoms with Gasteiger partial charge in [-0.3, -0.25) is 0 Å². The molecule has 1 aliphatic rings. The van der Waals surface area contributed by atoms with Crippen LogP contribution in [0.5, 0.6) is 0 Å². The zero-order chi connectivity index (χ0) is 14.7. The molecule has 2 aromatic carbocycles. The number of nitrogens with one attached hydrogen (secondary N) is 1. The molecule has 1 atom stereocenters. The fourth-order valence-electron chi connectivity index (χ4n) is 2.76. The molecule has 2 aromatic rings. The first kappa shape index (κ1) is 13.6. The molecule has 3 rings (SSSR count). The molecule has 4 heteroatoms. The largest absolute Gasteiger partial charge is 0.322 e. The van der Waals surface area contributed by atoms with Crippen molar-refractivity contribution in [3.63, 3.8) is 0 Å². The predicted octanol–water partition coefficient (Wildman–Crippen LogP) is 4.19. The molecule has 21 heavy (non-hydrogen) atoms. The van der Waals surface area contributed by atoms with Crippen LogP contribution in [0.1, 0.15) is 24.4 Å². The SMILES string of the molecule is O=C(Nc1ccc(F)cc1)N1CCCC1c1ccccc1. The number of halogens is 1. The van der Waals surface area contributed by atoms with Crippen molar-refractivity contribution in [2.75, 3.05) is 11.9 Å². The van der Waals surface area contributed by atoms with Crippen LogP contribution in [0.4, 0.5) is 14.9 Å². The summed E-state index contributed by atoms with van der Waals surface area (Å²) in [6.07, 6.45) is 1.97. The lowest BCUT2D eigenvalue weighted by Gasteiger charge is -2.25. The van der Waals surface area contributed by atoms with E-state index in [1.165, 1.54) is 12.1 Å². The summed E-state index contributed by atoms with van der Waals surface area (Å²) in [5, 5.41) is 2.83. The molecule has 3 nitrogen and oxygen atoms in total. The number of carbonyl (C=O) groups excluding carboxylic acids is 1. The normalized spacial score (nSPS) is 17.8. The van der Waals surface area contributed by atoms with Gasteiger partial charge in [-0.15, -0.1) is 0 Å². The van der Waals surface area contributed by atoms with Crippen molar-refractivity contribution in [3.8, 4) is 0 Å². The Morgan fingerprint density at radius 1 is 1.10 bits per heavy atom. The van der Waals surface area contributed by atoms with E-state index in [-0.39, 0.29) is 17.9 Å². The topological polar surface area (TPSA) is 32.3 Å². The quantitative estimate of drug-likeness (QED) is 0.881. The Bertz CT molecular complexity index is 612. The van der Waals surface area contributed by atoms with E-state index >= 15 is 0 Å². The van der Waals surface area contributed by atoms with E-state index in [1.807, 2.05) is 35.2 Å². The number of hydrogen-bond acceptors (Lipinski definition) is 1. The molecule has 0 aliphatic carbocycles. The standard InChI is InChI=1S/C17H17FN2O/c18-14-8-10-15(11-9-14)19-17(21)20-12-4-7-16(20)13-5-2-1-3-6-13/h1-3,5-6,8-11,16H,4,7,12H2,(H,19,21). The average Bonchev–Trinajstić information content (AvgIpc) is 3.00. The number of nitrogens with zero attached hydrogens (tertiary/aromatic N) is 1. The van der Waals surface area contributed by atoms with E-state index in [0.29, 0.717) is 5.69 Å². The van der Waals surface area contributed by atoms with Crippen molar-refractivity contribution in [2.45, 2.75) is 18.9 Å². The highest BCUT2D eigenvalue weighted by molar-refractivity contribution is 5.89. The van der Waals surface area contributed by atoms with Gasteiger partial charge in [-0.2, -0.15) is 0 Å². The van der Waals surface area contributed by atoms with Crippen molar-refractivity contribution in [1.29, 1.82) is 0 Å². The Kier molecular flexibility index (Phi) is 3.86. The van der Waals surface area contributed by atoms with Crippen molar-refractivity contribution in [1.82, 2.24) is 4.90 Å². The van der Waals surface area contributed by atoms with E-state index < -0.39 is 0 Å². The molecule has 0 spiro atoms. The van der Waals surface area contributed by atoms with Gasteiger partial charge >= 0.3 is 6.03 Å². The van der Waals surface area contributed by atoms with Crippen LogP contribution in [0.15, 0.2) is 54.6 Å². The molecule has 1 saturated heterocycles. The number of hydrogen-bond donors (Lipinski definition) is 1. The lowest BCUT2D eigenvalue weighted by atomic mass is 10.1. The van der Waals surface area contributed by atoms with Crippen molar-refractivity contribution >= 4 is 11.7 Å². The van der Waals surface area contributed by atoms with Crippen molar-refractivity contribution in [2.24, 2.45) is 0 Å². The van der Waals surface area contributed by atoms with E-state index in [4.69, 9.17) is 0 Å².